The maximum atomic E-state index is 5.25. The molecule has 120 valence electrons. The molecule has 0 saturated carbocycles. The third-order valence-corrected chi connectivity index (χ3v) is 4.22. The zero-order valence-electron chi connectivity index (χ0n) is 14.4. The highest BCUT2D eigenvalue weighted by molar-refractivity contribution is 5.26. The number of nitrogens with one attached hydrogen (secondary N) is 1. The van der Waals surface area contributed by atoms with E-state index in [0.717, 1.165) is 24.4 Å². The molecule has 0 radical (unpaired) electrons. The van der Waals surface area contributed by atoms with Gasteiger partial charge in [-0.25, -0.2) is 0 Å². The van der Waals surface area contributed by atoms with Gasteiger partial charge in [0.1, 0.15) is 5.76 Å². The van der Waals surface area contributed by atoms with Crippen LogP contribution in [-0.4, -0.2) is 5.16 Å². The van der Waals surface area contributed by atoms with Crippen LogP contribution in [0.5, 0.6) is 0 Å². The van der Waals surface area contributed by atoms with Gasteiger partial charge in [0.15, 0.2) is 0 Å². The van der Waals surface area contributed by atoms with E-state index in [0.29, 0.717) is 12.0 Å². The Morgan fingerprint density at radius 1 is 1.14 bits per heavy atom. The molecule has 2 rings (SSSR count). The molecule has 0 spiro atoms. The number of hydrogen-bond donors (Lipinski definition) is 1. The molecule has 1 aromatic heterocycles. The van der Waals surface area contributed by atoms with E-state index in [-0.39, 0.29) is 0 Å². The van der Waals surface area contributed by atoms with Crippen molar-refractivity contribution in [2.75, 3.05) is 0 Å². The molecule has 0 bridgehead atoms. The highest BCUT2D eigenvalue weighted by Gasteiger charge is 2.17. The van der Waals surface area contributed by atoms with E-state index in [4.69, 9.17) is 4.52 Å². The normalized spacial score (nSPS) is 12.8. The van der Waals surface area contributed by atoms with E-state index < -0.39 is 0 Å². The van der Waals surface area contributed by atoms with E-state index in [2.05, 4.69) is 55.5 Å². The molecule has 1 aromatic carbocycles. The number of aryl methyl sites for hydroxylation is 3. The zero-order chi connectivity index (χ0) is 16.1. The van der Waals surface area contributed by atoms with Crippen LogP contribution in [0.1, 0.15) is 61.4 Å². The summed E-state index contributed by atoms with van der Waals surface area (Å²) in [5.74, 6) is 1.43. The quantitative estimate of drug-likeness (QED) is 0.803. The molecule has 3 nitrogen and oxygen atoms in total. The minimum Gasteiger partial charge on any atom is -0.361 e. The van der Waals surface area contributed by atoms with Gasteiger partial charge in [0.05, 0.1) is 5.69 Å². The highest BCUT2D eigenvalue weighted by Crippen LogP contribution is 2.24. The molecule has 1 heterocycles. The summed E-state index contributed by atoms with van der Waals surface area (Å²) >= 11 is 0. The lowest BCUT2D eigenvalue weighted by Crippen LogP contribution is -2.25. The Hall–Kier alpha value is -1.61. The van der Waals surface area contributed by atoms with Gasteiger partial charge in [-0.3, -0.25) is 0 Å². The zero-order valence-corrected chi connectivity index (χ0v) is 14.4. The smallest absolute Gasteiger partial charge is 0.138 e. The number of hydrogen-bond acceptors (Lipinski definition) is 3. The Morgan fingerprint density at radius 2 is 1.82 bits per heavy atom. The van der Waals surface area contributed by atoms with Gasteiger partial charge in [0.25, 0.3) is 0 Å². The molecule has 0 fully saturated rings. The Kier molecular flexibility index (Phi) is 5.78. The topological polar surface area (TPSA) is 38.1 Å². The lowest BCUT2D eigenvalue weighted by Gasteiger charge is -2.23. The predicted molar refractivity (Wildman–Crippen MR) is 90.8 cm³/mol. The lowest BCUT2D eigenvalue weighted by molar-refractivity contribution is 0.387. The second kappa shape index (κ2) is 7.59. The molecule has 0 aliphatic rings. The fourth-order valence-corrected chi connectivity index (χ4v) is 2.89. The van der Waals surface area contributed by atoms with Crippen LogP contribution in [0.25, 0.3) is 0 Å². The number of benzene rings is 1. The Bertz CT molecular complexity index is 564. The van der Waals surface area contributed by atoms with Crippen molar-refractivity contribution in [1.82, 2.24) is 10.5 Å². The minimum absolute atomic E-state index is 0.337. The third-order valence-electron chi connectivity index (χ3n) is 4.22. The molecule has 0 amide bonds. The van der Waals surface area contributed by atoms with Crippen molar-refractivity contribution in [3.05, 3.63) is 52.4 Å². The van der Waals surface area contributed by atoms with Gasteiger partial charge in [0.2, 0.25) is 0 Å². The minimum atomic E-state index is 0.337. The molecular formula is C19H28N2O. The molecule has 0 saturated heterocycles. The first-order chi connectivity index (χ1) is 10.5. The van der Waals surface area contributed by atoms with Gasteiger partial charge in [0, 0.05) is 18.2 Å². The third kappa shape index (κ3) is 3.98. The summed E-state index contributed by atoms with van der Waals surface area (Å²) in [5.41, 5.74) is 4.92. The van der Waals surface area contributed by atoms with Crippen molar-refractivity contribution in [3.8, 4) is 0 Å². The van der Waals surface area contributed by atoms with Crippen LogP contribution in [0.3, 0.4) is 0 Å². The summed E-state index contributed by atoms with van der Waals surface area (Å²) < 4.78 is 5.25. The summed E-state index contributed by atoms with van der Waals surface area (Å²) in [4.78, 5) is 0. The molecule has 3 heteroatoms. The molecule has 0 aliphatic carbocycles. The summed E-state index contributed by atoms with van der Waals surface area (Å²) in [5, 5.41) is 7.70. The molecule has 22 heavy (non-hydrogen) atoms. The largest absolute Gasteiger partial charge is 0.361 e. The van der Waals surface area contributed by atoms with Gasteiger partial charge in [-0.2, -0.15) is 0 Å². The molecule has 1 N–H and O–H groups in total. The van der Waals surface area contributed by atoms with E-state index >= 15 is 0 Å². The van der Waals surface area contributed by atoms with Crippen LogP contribution in [-0.2, 0) is 13.0 Å². The van der Waals surface area contributed by atoms with Crippen molar-refractivity contribution < 1.29 is 4.52 Å². The van der Waals surface area contributed by atoms with Gasteiger partial charge in [-0.05, 0) is 37.3 Å². The van der Waals surface area contributed by atoms with Crippen molar-refractivity contribution >= 4 is 0 Å². The average molecular weight is 300 g/mol. The highest BCUT2D eigenvalue weighted by atomic mass is 16.5. The Balaban J connectivity index is 2.09. The van der Waals surface area contributed by atoms with Gasteiger partial charge >= 0.3 is 0 Å². The van der Waals surface area contributed by atoms with Crippen LogP contribution in [0.15, 0.2) is 28.8 Å². The first-order valence-electron chi connectivity index (χ1n) is 8.26. The van der Waals surface area contributed by atoms with Crippen molar-refractivity contribution in [3.63, 3.8) is 0 Å². The average Bonchev–Trinajstić information content (AvgIpc) is 2.80. The van der Waals surface area contributed by atoms with Crippen LogP contribution in [0.2, 0.25) is 0 Å². The molecule has 0 aliphatic heterocycles. The van der Waals surface area contributed by atoms with Crippen molar-refractivity contribution in [2.24, 2.45) is 5.92 Å². The van der Waals surface area contributed by atoms with Crippen LogP contribution < -0.4 is 5.32 Å². The Morgan fingerprint density at radius 3 is 2.32 bits per heavy atom. The Labute approximate surface area is 134 Å². The maximum absolute atomic E-state index is 5.25. The first-order valence-corrected chi connectivity index (χ1v) is 8.26. The molecular weight excluding hydrogens is 272 g/mol. The number of nitrogens with zero attached hydrogens (tertiary/aromatic N) is 1. The van der Waals surface area contributed by atoms with Gasteiger partial charge in [-0.1, -0.05) is 56.6 Å². The second-order valence-corrected chi connectivity index (χ2v) is 6.40. The number of rotatable bonds is 7. The van der Waals surface area contributed by atoms with E-state index in [1.165, 1.54) is 23.1 Å². The standard InChI is InChI=1S/C19H28N2O/c1-6-7-16-8-10-17(11-9-16)19(13(2)3)20-12-18-14(4)21-22-15(18)5/h8-11,13,19-20H,6-7,12H2,1-5H3. The SMILES string of the molecule is CCCc1ccc(C(NCc2c(C)noc2C)C(C)C)cc1. The predicted octanol–water partition coefficient (Wildman–Crippen LogP) is 4.73. The summed E-state index contributed by atoms with van der Waals surface area (Å²) in [7, 11) is 0. The van der Waals surface area contributed by atoms with E-state index in [1.807, 2.05) is 13.8 Å². The van der Waals surface area contributed by atoms with Gasteiger partial charge < -0.3 is 9.84 Å². The van der Waals surface area contributed by atoms with Crippen molar-refractivity contribution in [2.45, 2.75) is 60.0 Å². The summed E-state index contributed by atoms with van der Waals surface area (Å²) in [6, 6.07) is 9.37. The van der Waals surface area contributed by atoms with Crippen molar-refractivity contribution in [1.29, 1.82) is 0 Å². The fourth-order valence-electron chi connectivity index (χ4n) is 2.89. The second-order valence-electron chi connectivity index (χ2n) is 6.40. The van der Waals surface area contributed by atoms with Crippen LogP contribution in [0.4, 0.5) is 0 Å². The monoisotopic (exact) mass is 300 g/mol. The molecule has 1 atom stereocenters. The molecule has 1 unspecified atom stereocenters. The lowest BCUT2D eigenvalue weighted by atomic mass is 9.94. The van der Waals surface area contributed by atoms with E-state index in [9.17, 15) is 0 Å². The van der Waals surface area contributed by atoms with Crippen LogP contribution >= 0.6 is 0 Å². The molecule has 2 aromatic rings. The maximum Gasteiger partial charge on any atom is 0.138 e. The van der Waals surface area contributed by atoms with Gasteiger partial charge in [-0.15, -0.1) is 0 Å². The fraction of sp³-hybridized carbons (Fsp3) is 0.526. The van der Waals surface area contributed by atoms with Crippen LogP contribution in [0, 0.1) is 19.8 Å². The summed E-state index contributed by atoms with van der Waals surface area (Å²) in [6.45, 7) is 11.5. The number of aromatic nitrogens is 1. The summed E-state index contributed by atoms with van der Waals surface area (Å²) in [6.07, 6.45) is 2.34. The van der Waals surface area contributed by atoms with E-state index in [1.54, 1.807) is 0 Å². The first kappa shape index (κ1) is 16.8.